The maximum absolute atomic E-state index is 12.6. The highest BCUT2D eigenvalue weighted by Crippen LogP contribution is 2.25. The summed E-state index contributed by atoms with van der Waals surface area (Å²) in [6.45, 7) is 4.11. The summed E-state index contributed by atoms with van der Waals surface area (Å²) in [5.74, 6) is 0.566. The predicted octanol–water partition coefficient (Wildman–Crippen LogP) is 2.36. The van der Waals surface area contributed by atoms with Crippen LogP contribution in [0.5, 0.6) is 0 Å². The van der Waals surface area contributed by atoms with Crippen LogP contribution in [0, 0.1) is 23.0 Å². The van der Waals surface area contributed by atoms with E-state index < -0.39 is 4.92 Å². The number of carbonyl (C=O) groups is 1. The molecule has 6 nitrogen and oxygen atoms in total. The van der Waals surface area contributed by atoms with Gasteiger partial charge in [-0.15, -0.1) is 0 Å². The summed E-state index contributed by atoms with van der Waals surface area (Å²) in [4.78, 5) is 25.0. The minimum Gasteiger partial charge on any atom is -0.339 e. The third-order valence-electron chi connectivity index (χ3n) is 4.44. The Hall–Kier alpha value is -1.95. The van der Waals surface area contributed by atoms with Crippen LogP contribution in [0.4, 0.5) is 5.69 Å². The lowest BCUT2D eigenvalue weighted by atomic mass is 9.93. The second-order valence-electron chi connectivity index (χ2n) is 5.83. The zero-order valence-corrected chi connectivity index (χ0v) is 13.2. The zero-order chi connectivity index (χ0) is 16.1. The quantitative estimate of drug-likeness (QED) is 0.669. The van der Waals surface area contributed by atoms with E-state index in [9.17, 15) is 14.9 Å². The molecule has 0 aliphatic carbocycles. The van der Waals surface area contributed by atoms with Gasteiger partial charge in [0, 0.05) is 30.3 Å². The van der Waals surface area contributed by atoms with Gasteiger partial charge >= 0.3 is 0 Å². The summed E-state index contributed by atoms with van der Waals surface area (Å²) in [5, 5.41) is 14.1. The average Bonchev–Trinajstić information content (AvgIpc) is 2.52. The molecule has 1 aromatic rings. The van der Waals surface area contributed by atoms with Crippen molar-refractivity contribution in [3.63, 3.8) is 0 Å². The first-order valence-corrected chi connectivity index (χ1v) is 7.72. The van der Waals surface area contributed by atoms with Gasteiger partial charge in [-0.1, -0.05) is 6.07 Å². The van der Waals surface area contributed by atoms with Gasteiger partial charge in [-0.05, 0) is 51.8 Å². The topological polar surface area (TPSA) is 75.5 Å². The van der Waals surface area contributed by atoms with Gasteiger partial charge in [0.1, 0.15) is 0 Å². The van der Waals surface area contributed by atoms with Crippen molar-refractivity contribution >= 4 is 11.6 Å². The van der Waals surface area contributed by atoms with Crippen LogP contribution in [0.2, 0.25) is 0 Å². The number of nitrogens with one attached hydrogen (secondary N) is 1. The highest BCUT2D eigenvalue weighted by Gasteiger charge is 2.26. The number of rotatable bonds is 5. The molecule has 6 heteroatoms. The number of hydrogen-bond donors (Lipinski definition) is 1. The molecule has 1 aliphatic heterocycles. The summed E-state index contributed by atoms with van der Waals surface area (Å²) in [5.41, 5.74) is 0.910. The van der Waals surface area contributed by atoms with Crippen LogP contribution in [-0.4, -0.2) is 42.4 Å². The van der Waals surface area contributed by atoms with Crippen molar-refractivity contribution in [1.82, 2.24) is 10.2 Å². The normalized spacial score (nSPS) is 15.8. The van der Waals surface area contributed by atoms with Gasteiger partial charge in [-0.2, -0.15) is 0 Å². The van der Waals surface area contributed by atoms with E-state index in [-0.39, 0.29) is 11.6 Å². The fourth-order valence-corrected chi connectivity index (χ4v) is 3.00. The number of nitrogens with zero attached hydrogens (tertiary/aromatic N) is 2. The summed E-state index contributed by atoms with van der Waals surface area (Å²) < 4.78 is 0. The third kappa shape index (κ3) is 3.62. The minimum absolute atomic E-state index is 0.00903. The number of likely N-dealkylation sites (tertiary alicyclic amines) is 1. The van der Waals surface area contributed by atoms with Gasteiger partial charge in [-0.3, -0.25) is 14.9 Å². The molecule has 0 aromatic heterocycles. The van der Waals surface area contributed by atoms with E-state index in [0.29, 0.717) is 17.0 Å². The Morgan fingerprint density at radius 1 is 1.41 bits per heavy atom. The van der Waals surface area contributed by atoms with Crippen LogP contribution >= 0.6 is 0 Å². The Morgan fingerprint density at radius 3 is 2.68 bits per heavy atom. The summed E-state index contributed by atoms with van der Waals surface area (Å²) in [6.07, 6.45) is 3.14. The first kappa shape index (κ1) is 16.4. The number of hydrogen-bond acceptors (Lipinski definition) is 4. The number of benzene rings is 1. The summed E-state index contributed by atoms with van der Waals surface area (Å²) in [6, 6.07) is 4.70. The minimum atomic E-state index is -0.434. The SMILES string of the molecule is CNCCC1CCN(C(=O)c2cccc([N+](=O)[O-])c2C)CC1. The molecule has 1 amide bonds. The number of nitro benzene ring substituents is 1. The van der Waals surface area contributed by atoms with Gasteiger partial charge in [-0.25, -0.2) is 0 Å². The molecule has 0 unspecified atom stereocenters. The van der Waals surface area contributed by atoms with Crippen molar-refractivity contribution in [2.24, 2.45) is 5.92 Å². The molecule has 0 radical (unpaired) electrons. The molecule has 0 spiro atoms. The van der Waals surface area contributed by atoms with Crippen LogP contribution in [0.15, 0.2) is 18.2 Å². The molecule has 1 fully saturated rings. The van der Waals surface area contributed by atoms with E-state index >= 15 is 0 Å². The molecule has 0 bridgehead atoms. The van der Waals surface area contributed by atoms with E-state index in [1.165, 1.54) is 6.07 Å². The number of piperidine rings is 1. The van der Waals surface area contributed by atoms with Gasteiger partial charge in [0.05, 0.1) is 4.92 Å². The molecule has 0 saturated carbocycles. The highest BCUT2D eigenvalue weighted by atomic mass is 16.6. The van der Waals surface area contributed by atoms with Gasteiger partial charge in [0.15, 0.2) is 0 Å². The molecule has 1 heterocycles. The predicted molar refractivity (Wildman–Crippen MR) is 85.0 cm³/mol. The Morgan fingerprint density at radius 2 is 2.09 bits per heavy atom. The van der Waals surface area contributed by atoms with Gasteiger partial charge in [0.2, 0.25) is 0 Å². The van der Waals surface area contributed by atoms with Crippen molar-refractivity contribution in [3.8, 4) is 0 Å². The number of amides is 1. The van der Waals surface area contributed by atoms with E-state index in [2.05, 4.69) is 5.32 Å². The van der Waals surface area contributed by atoms with E-state index in [1.807, 2.05) is 11.9 Å². The van der Waals surface area contributed by atoms with Crippen molar-refractivity contribution in [2.45, 2.75) is 26.2 Å². The smallest absolute Gasteiger partial charge is 0.273 e. The second kappa shape index (κ2) is 7.35. The Bertz CT molecular complexity index is 552. The molecule has 1 aliphatic rings. The number of nitro groups is 1. The van der Waals surface area contributed by atoms with Crippen molar-refractivity contribution in [2.75, 3.05) is 26.7 Å². The van der Waals surface area contributed by atoms with E-state index in [1.54, 1.807) is 19.1 Å². The number of carbonyl (C=O) groups excluding carboxylic acids is 1. The monoisotopic (exact) mass is 305 g/mol. The standard InChI is InChI=1S/C16H23N3O3/c1-12-14(4-3-5-15(12)19(21)22)16(20)18-10-7-13(8-11-18)6-9-17-2/h3-5,13,17H,6-11H2,1-2H3. The molecule has 1 N–H and O–H groups in total. The van der Waals surface area contributed by atoms with Crippen molar-refractivity contribution in [3.05, 3.63) is 39.4 Å². The lowest BCUT2D eigenvalue weighted by Crippen LogP contribution is -2.39. The fraction of sp³-hybridized carbons (Fsp3) is 0.562. The first-order valence-electron chi connectivity index (χ1n) is 7.72. The largest absolute Gasteiger partial charge is 0.339 e. The molecular formula is C16H23N3O3. The van der Waals surface area contributed by atoms with Gasteiger partial charge in [0.25, 0.3) is 11.6 Å². The highest BCUT2D eigenvalue weighted by molar-refractivity contribution is 5.96. The fourth-order valence-electron chi connectivity index (χ4n) is 3.00. The zero-order valence-electron chi connectivity index (χ0n) is 13.2. The molecule has 22 heavy (non-hydrogen) atoms. The van der Waals surface area contributed by atoms with E-state index in [4.69, 9.17) is 0 Å². The molecular weight excluding hydrogens is 282 g/mol. The third-order valence-corrected chi connectivity index (χ3v) is 4.44. The molecule has 2 rings (SSSR count). The molecule has 120 valence electrons. The average molecular weight is 305 g/mol. The molecule has 1 aromatic carbocycles. The van der Waals surface area contributed by atoms with Crippen LogP contribution < -0.4 is 5.32 Å². The van der Waals surface area contributed by atoms with Gasteiger partial charge < -0.3 is 10.2 Å². The molecule has 1 saturated heterocycles. The van der Waals surface area contributed by atoms with Crippen LogP contribution in [0.25, 0.3) is 0 Å². The summed E-state index contributed by atoms with van der Waals surface area (Å²) >= 11 is 0. The van der Waals surface area contributed by atoms with E-state index in [0.717, 1.165) is 38.9 Å². The second-order valence-corrected chi connectivity index (χ2v) is 5.83. The van der Waals surface area contributed by atoms with Crippen LogP contribution in [-0.2, 0) is 0 Å². The maximum atomic E-state index is 12.6. The Kier molecular flexibility index (Phi) is 5.49. The Labute approximate surface area is 130 Å². The lowest BCUT2D eigenvalue weighted by molar-refractivity contribution is -0.385. The van der Waals surface area contributed by atoms with Crippen molar-refractivity contribution in [1.29, 1.82) is 0 Å². The van der Waals surface area contributed by atoms with Crippen LogP contribution in [0.3, 0.4) is 0 Å². The molecule has 0 atom stereocenters. The lowest BCUT2D eigenvalue weighted by Gasteiger charge is -2.32. The van der Waals surface area contributed by atoms with Crippen LogP contribution in [0.1, 0.15) is 35.2 Å². The maximum Gasteiger partial charge on any atom is 0.273 e. The van der Waals surface area contributed by atoms with Crippen molar-refractivity contribution < 1.29 is 9.72 Å². The summed E-state index contributed by atoms with van der Waals surface area (Å²) in [7, 11) is 1.95. The Balaban J connectivity index is 2.04. The first-order chi connectivity index (χ1) is 10.5.